The number of hydrogen-bond acceptors (Lipinski definition) is 5. The van der Waals surface area contributed by atoms with Gasteiger partial charge in [0.1, 0.15) is 17.6 Å². The number of carbonyl (C=O) groups excluding carboxylic acids is 2. The highest BCUT2D eigenvalue weighted by Gasteiger charge is 2.30. The van der Waals surface area contributed by atoms with E-state index in [1.807, 2.05) is 66.7 Å². The zero-order valence-corrected chi connectivity index (χ0v) is 19.7. The number of pyridine rings is 1. The van der Waals surface area contributed by atoms with Crippen molar-refractivity contribution in [2.24, 2.45) is 0 Å². The van der Waals surface area contributed by atoms with Gasteiger partial charge in [-0.1, -0.05) is 48.4 Å². The van der Waals surface area contributed by atoms with Crippen LogP contribution in [0.4, 0.5) is 5.69 Å². The van der Waals surface area contributed by atoms with Crippen LogP contribution in [0.15, 0.2) is 72.9 Å². The molecule has 0 bridgehead atoms. The van der Waals surface area contributed by atoms with Gasteiger partial charge in [-0.05, 0) is 54.2 Å². The molecule has 1 atom stereocenters. The van der Waals surface area contributed by atoms with Gasteiger partial charge >= 0.3 is 0 Å². The molecule has 0 spiro atoms. The van der Waals surface area contributed by atoms with E-state index in [1.165, 1.54) is 0 Å². The Kier molecular flexibility index (Phi) is 6.54. The van der Waals surface area contributed by atoms with E-state index in [0.717, 1.165) is 22.4 Å². The second-order valence-corrected chi connectivity index (χ2v) is 8.54. The number of aromatic nitrogens is 4. The van der Waals surface area contributed by atoms with Gasteiger partial charge in [0, 0.05) is 30.9 Å². The molecule has 36 heavy (non-hydrogen) atoms. The van der Waals surface area contributed by atoms with E-state index in [9.17, 15) is 9.59 Å². The van der Waals surface area contributed by atoms with Crippen molar-refractivity contribution in [3.8, 4) is 11.8 Å². The Morgan fingerprint density at radius 1 is 1.11 bits per heavy atom. The fourth-order valence-corrected chi connectivity index (χ4v) is 4.14. The summed E-state index contributed by atoms with van der Waals surface area (Å²) in [6.45, 7) is 0. The van der Waals surface area contributed by atoms with Crippen LogP contribution in [0.1, 0.15) is 45.2 Å². The molecule has 5 rings (SSSR count). The lowest BCUT2D eigenvalue weighted by Crippen LogP contribution is -2.47. The summed E-state index contributed by atoms with van der Waals surface area (Å²) >= 11 is 0. The first kappa shape index (κ1) is 23.0. The lowest BCUT2D eigenvalue weighted by molar-refractivity contribution is -0.120. The summed E-state index contributed by atoms with van der Waals surface area (Å²) in [5, 5.41) is 9.68. The number of aromatic amines is 1. The minimum absolute atomic E-state index is 0.0187. The van der Waals surface area contributed by atoms with E-state index in [-0.39, 0.29) is 11.7 Å². The molecule has 8 heteroatoms. The molecule has 0 radical (unpaired) electrons. The first-order valence-corrected chi connectivity index (χ1v) is 11.7. The van der Waals surface area contributed by atoms with Crippen molar-refractivity contribution in [2.75, 3.05) is 11.9 Å². The van der Waals surface area contributed by atoms with Crippen molar-refractivity contribution in [3.63, 3.8) is 0 Å². The summed E-state index contributed by atoms with van der Waals surface area (Å²) in [4.78, 5) is 36.2. The van der Waals surface area contributed by atoms with Crippen molar-refractivity contribution in [3.05, 3.63) is 107 Å². The summed E-state index contributed by atoms with van der Waals surface area (Å²) in [7, 11) is 1.71. The standard InChI is InChI=1S/C28H24N6O2/c1-34-24-17-20(11-14-22-9-5-6-16-29-22)10-12-21(24)13-15-23(28(34)36)30-27(35)26-31-25(32-33-26)18-19-7-3-2-4-8-19/h2-10,12,16-17,23H,13,15,18H2,1H3,(H,30,35)(H,31,32,33)/t23-/m0/s1. The molecule has 2 aromatic heterocycles. The summed E-state index contributed by atoms with van der Waals surface area (Å²) < 4.78 is 0. The minimum atomic E-state index is -0.686. The average Bonchev–Trinajstić information content (AvgIpc) is 3.35. The molecule has 8 nitrogen and oxygen atoms in total. The van der Waals surface area contributed by atoms with Gasteiger partial charge in [0.05, 0.1) is 0 Å². The predicted molar refractivity (Wildman–Crippen MR) is 135 cm³/mol. The third-order valence-electron chi connectivity index (χ3n) is 6.03. The van der Waals surface area contributed by atoms with Crippen LogP contribution in [0, 0.1) is 11.8 Å². The molecule has 0 unspecified atom stereocenters. The number of carbonyl (C=O) groups is 2. The van der Waals surface area contributed by atoms with Crippen LogP contribution in [0.3, 0.4) is 0 Å². The number of nitrogens with zero attached hydrogens (tertiary/aromatic N) is 4. The molecule has 1 aliphatic heterocycles. The van der Waals surface area contributed by atoms with Gasteiger partial charge in [-0.3, -0.25) is 14.7 Å². The number of hydrogen-bond donors (Lipinski definition) is 2. The SMILES string of the molecule is CN1C(=O)[C@@H](NC(=O)c2n[nH]c(Cc3ccccc3)n2)CCc2ccc(C#Cc3ccccn3)cc21. The smallest absolute Gasteiger partial charge is 0.291 e. The largest absolute Gasteiger partial charge is 0.337 e. The predicted octanol–water partition coefficient (Wildman–Crippen LogP) is 2.90. The van der Waals surface area contributed by atoms with Crippen LogP contribution in [-0.4, -0.2) is 45.1 Å². The zero-order chi connectivity index (χ0) is 24.9. The lowest BCUT2D eigenvalue weighted by atomic mass is 10.0. The summed E-state index contributed by atoms with van der Waals surface area (Å²) in [5.41, 5.74) is 4.33. The van der Waals surface area contributed by atoms with E-state index < -0.39 is 11.9 Å². The van der Waals surface area contributed by atoms with Crippen molar-refractivity contribution in [1.82, 2.24) is 25.5 Å². The van der Waals surface area contributed by atoms with Gasteiger partial charge in [0.2, 0.25) is 11.7 Å². The summed E-state index contributed by atoms with van der Waals surface area (Å²) in [6, 6.07) is 20.5. The van der Waals surface area contributed by atoms with Crippen molar-refractivity contribution in [2.45, 2.75) is 25.3 Å². The Hall–Kier alpha value is -4.77. The molecular formula is C28H24N6O2. The fourth-order valence-electron chi connectivity index (χ4n) is 4.14. The molecule has 0 saturated carbocycles. The second-order valence-electron chi connectivity index (χ2n) is 8.54. The molecular weight excluding hydrogens is 452 g/mol. The van der Waals surface area contributed by atoms with Crippen LogP contribution in [-0.2, 0) is 17.6 Å². The van der Waals surface area contributed by atoms with Crippen molar-refractivity contribution in [1.29, 1.82) is 0 Å². The topological polar surface area (TPSA) is 104 Å². The monoisotopic (exact) mass is 476 g/mol. The Balaban J connectivity index is 1.28. The third-order valence-corrected chi connectivity index (χ3v) is 6.03. The number of aryl methyl sites for hydroxylation is 1. The van der Waals surface area contributed by atoms with E-state index in [4.69, 9.17) is 0 Å². The molecule has 0 saturated heterocycles. The van der Waals surface area contributed by atoms with Crippen molar-refractivity contribution >= 4 is 17.5 Å². The highest BCUT2D eigenvalue weighted by Crippen LogP contribution is 2.27. The van der Waals surface area contributed by atoms with Gasteiger partial charge in [-0.2, -0.15) is 0 Å². The molecule has 2 N–H and O–H groups in total. The molecule has 1 aliphatic rings. The second kappa shape index (κ2) is 10.2. The molecule has 2 aromatic carbocycles. The molecule has 4 aromatic rings. The number of rotatable bonds is 4. The van der Waals surface area contributed by atoms with Crippen LogP contribution in [0.25, 0.3) is 0 Å². The number of benzene rings is 2. The van der Waals surface area contributed by atoms with E-state index >= 15 is 0 Å². The third kappa shape index (κ3) is 5.15. The Morgan fingerprint density at radius 3 is 2.75 bits per heavy atom. The number of nitrogens with one attached hydrogen (secondary N) is 2. The summed E-state index contributed by atoms with van der Waals surface area (Å²) in [6.07, 6.45) is 3.34. The molecule has 2 amide bonds. The van der Waals surface area contributed by atoms with E-state index in [0.29, 0.717) is 30.8 Å². The molecule has 0 aliphatic carbocycles. The van der Waals surface area contributed by atoms with E-state index in [1.54, 1.807) is 18.1 Å². The number of H-pyrrole nitrogens is 1. The minimum Gasteiger partial charge on any atom is -0.337 e. The Morgan fingerprint density at radius 2 is 1.94 bits per heavy atom. The van der Waals surface area contributed by atoms with Crippen LogP contribution < -0.4 is 10.2 Å². The van der Waals surface area contributed by atoms with Crippen LogP contribution in [0.2, 0.25) is 0 Å². The Labute approximate surface area is 208 Å². The van der Waals surface area contributed by atoms with Gasteiger partial charge in [0.25, 0.3) is 5.91 Å². The van der Waals surface area contributed by atoms with Gasteiger partial charge in [-0.15, -0.1) is 5.10 Å². The maximum absolute atomic E-state index is 13.2. The van der Waals surface area contributed by atoms with E-state index in [2.05, 4.69) is 37.3 Å². The fraction of sp³-hybridized carbons (Fsp3) is 0.179. The lowest BCUT2D eigenvalue weighted by Gasteiger charge is -2.22. The van der Waals surface area contributed by atoms with Gasteiger partial charge < -0.3 is 10.2 Å². The van der Waals surface area contributed by atoms with Gasteiger partial charge in [-0.25, -0.2) is 9.97 Å². The number of anilines is 1. The number of fused-ring (bicyclic) bond motifs is 1. The first-order valence-electron chi connectivity index (χ1n) is 11.7. The first-order chi connectivity index (χ1) is 17.6. The quantitative estimate of drug-likeness (QED) is 0.441. The molecule has 178 valence electrons. The highest BCUT2D eigenvalue weighted by atomic mass is 16.2. The average molecular weight is 477 g/mol. The molecule has 3 heterocycles. The Bertz CT molecular complexity index is 1450. The molecule has 0 fully saturated rings. The maximum atomic E-state index is 13.2. The van der Waals surface area contributed by atoms with Crippen LogP contribution >= 0.6 is 0 Å². The van der Waals surface area contributed by atoms with Crippen molar-refractivity contribution < 1.29 is 9.59 Å². The zero-order valence-electron chi connectivity index (χ0n) is 19.7. The van der Waals surface area contributed by atoms with Gasteiger partial charge in [0.15, 0.2) is 0 Å². The normalized spacial score (nSPS) is 14.9. The summed E-state index contributed by atoms with van der Waals surface area (Å²) in [5.74, 6) is 6.08. The highest BCUT2D eigenvalue weighted by molar-refractivity contribution is 6.02. The maximum Gasteiger partial charge on any atom is 0.291 e. The number of likely N-dealkylation sites (N-methyl/N-ethyl adjacent to an activating group) is 1. The number of amides is 2. The van der Waals surface area contributed by atoms with Crippen LogP contribution in [0.5, 0.6) is 0 Å².